The van der Waals surface area contributed by atoms with Gasteiger partial charge in [-0.1, -0.05) is 13.3 Å². The molecule has 0 amide bonds. The highest BCUT2D eigenvalue weighted by atomic mass is 35.5. The fourth-order valence-electron chi connectivity index (χ4n) is 1.20. The molecule has 0 saturated heterocycles. The Bertz CT molecular complexity index is 217. The zero-order valence-corrected chi connectivity index (χ0v) is 7.80. The number of nitrogens with zero attached hydrogens (tertiary/aromatic N) is 1. The molecule has 62 valence electrons. The molecule has 0 aliphatic rings. The molecule has 0 fully saturated rings. The van der Waals surface area contributed by atoms with Crippen LogP contribution in [0.3, 0.4) is 0 Å². The van der Waals surface area contributed by atoms with Crippen molar-refractivity contribution in [3.63, 3.8) is 0 Å². The maximum absolute atomic E-state index is 6.13. The minimum atomic E-state index is 0.181. The van der Waals surface area contributed by atoms with Crippen LogP contribution in [0.4, 0.5) is 0 Å². The fraction of sp³-hybridized carbons (Fsp3) is 0.556. The maximum atomic E-state index is 6.13. The normalized spacial score (nSPS) is 13.4. The van der Waals surface area contributed by atoms with Crippen LogP contribution in [0.15, 0.2) is 18.3 Å². The molecule has 0 radical (unpaired) electrons. The Morgan fingerprint density at radius 1 is 1.64 bits per heavy atom. The number of hydrogen-bond acceptors (Lipinski definition) is 0. The molecular weight excluding hydrogens is 158 g/mol. The van der Waals surface area contributed by atoms with E-state index in [4.69, 9.17) is 11.6 Å². The number of aromatic nitrogens is 1. The first-order chi connectivity index (χ1) is 5.25. The molecule has 1 unspecified atom stereocenters. The van der Waals surface area contributed by atoms with Crippen LogP contribution in [0.25, 0.3) is 0 Å². The molecule has 0 aromatic carbocycles. The monoisotopic (exact) mass is 171 g/mol. The van der Waals surface area contributed by atoms with Crippen LogP contribution in [-0.4, -0.2) is 4.57 Å². The molecule has 0 N–H and O–H groups in total. The SMILES string of the molecule is CCCC(Cl)c1cccn1C. The highest BCUT2D eigenvalue weighted by molar-refractivity contribution is 6.20. The number of hydrogen-bond donors (Lipinski definition) is 0. The van der Waals surface area contributed by atoms with Gasteiger partial charge in [0.05, 0.1) is 5.38 Å². The van der Waals surface area contributed by atoms with E-state index in [-0.39, 0.29) is 5.38 Å². The second-order valence-corrected chi connectivity index (χ2v) is 3.33. The van der Waals surface area contributed by atoms with Gasteiger partial charge in [-0.2, -0.15) is 0 Å². The highest BCUT2D eigenvalue weighted by Crippen LogP contribution is 2.24. The van der Waals surface area contributed by atoms with Gasteiger partial charge < -0.3 is 4.57 Å². The summed E-state index contributed by atoms with van der Waals surface area (Å²) >= 11 is 6.13. The summed E-state index contributed by atoms with van der Waals surface area (Å²) in [7, 11) is 2.03. The first-order valence-electron chi connectivity index (χ1n) is 4.01. The van der Waals surface area contributed by atoms with Crippen molar-refractivity contribution in [3.8, 4) is 0 Å². The third-order valence-corrected chi connectivity index (χ3v) is 2.29. The van der Waals surface area contributed by atoms with Crippen LogP contribution >= 0.6 is 11.6 Å². The van der Waals surface area contributed by atoms with Crippen LogP contribution in [0.1, 0.15) is 30.8 Å². The van der Waals surface area contributed by atoms with Gasteiger partial charge >= 0.3 is 0 Å². The molecule has 0 bridgehead atoms. The van der Waals surface area contributed by atoms with Gasteiger partial charge in [0, 0.05) is 18.9 Å². The molecule has 1 aromatic rings. The second kappa shape index (κ2) is 3.82. The summed E-state index contributed by atoms with van der Waals surface area (Å²) in [5, 5.41) is 0.181. The predicted molar refractivity (Wildman–Crippen MR) is 48.9 cm³/mol. The maximum Gasteiger partial charge on any atom is 0.0737 e. The van der Waals surface area contributed by atoms with E-state index in [0.29, 0.717) is 0 Å². The van der Waals surface area contributed by atoms with Crippen LogP contribution < -0.4 is 0 Å². The van der Waals surface area contributed by atoms with Crippen molar-refractivity contribution in [2.24, 2.45) is 7.05 Å². The molecule has 0 aliphatic carbocycles. The summed E-state index contributed by atoms with van der Waals surface area (Å²) in [5.41, 5.74) is 1.22. The van der Waals surface area contributed by atoms with Gasteiger partial charge in [-0.25, -0.2) is 0 Å². The number of halogens is 1. The lowest BCUT2D eigenvalue weighted by atomic mass is 10.2. The Balaban J connectivity index is 2.67. The highest BCUT2D eigenvalue weighted by Gasteiger charge is 2.08. The van der Waals surface area contributed by atoms with Crippen molar-refractivity contribution in [2.75, 3.05) is 0 Å². The largest absolute Gasteiger partial charge is 0.353 e. The van der Waals surface area contributed by atoms with E-state index in [9.17, 15) is 0 Å². The van der Waals surface area contributed by atoms with E-state index in [1.165, 1.54) is 5.69 Å². The second-order valence-electron chi connectivity index (χ2n) is 2.80. The molecule has 0 saturated carbocycles. The van der Waals surface area contributed by atoms with E-state index in [1.807, 2.05) is 19.3 Å². The first-order valence-corrected chi connectivity index (χ1v) is 4.44. The summed E-state index contributed by atoms with van der Waals surface area (Å²) < 4.78 is 2.08. The van der Waals surface area contributed by atoms with E-state index in [2.05, 4.69) is 17.6 Å². The van der Waals surface area contributed by atoms with Gasteiger partial charge in [0.15, 0.2) is 0 Å². The van der Waals surface area contributed by atoms with Gasteiger partial charge in [-0.05, 0) is 18.6 Å². The Labute approximate surface area is 73.0 Å². The van der Waals surface area contributed by atoms with E-state index < -0.39 is 0 Å². The average molecular weight is 172 g/mol. The minimum absolute atomic E-state index is 0.181. The van der Waals surface area contributed by atoms with Crippen LogP contribution in [-0.2, 0) is 7.05 Å². The van der Waals surface area contributed by atoms with Crippen molar-refractivity contribution in [1.29, 1.82) is 0 Å². The average Bonchev–Trinajstić information content (AvgIpc) is 2.36. The minimum Gasteiger partial charge on any atom is -0.353 e. The van der Waals surface area contributed by atoms with Crippen LogP contribution in [0, 0.1) is 0 Å². The first kappa shape index (κ1) is 8.66. The van der Waals surface area contributed by atoms with Crippen molar-refractivity contribution >= 4 is 11.6 Å². The standard InChI is InChI=1S/C9H14ClN/c1-3-5-8(10)9-6-4-7-11(9)2/h4,6-8H,3,5H2,1-2H3. The molecule has 0 spiro atoms. The van der Waals surface area contributed by atoms with Gasteiger partial charge in [0.25, 0.3) is 0 Å². The van der Waals surface area contributed by atoms with E-state index in [1.54, 1.807) is 0 Å². The smallest absolute Gasteiger partial charge is 0.0737 e. The van der Waals surface area contributed by atoms with Gasteiger partial charge in [0.1, 0.15) is 0 Å². The summed E-state index contributed by atoms with van der Waals surface area (Å²) in [6.07, 6.45) is 4.22. The Hall–Kier alpha value is -0.430. The molecule has 1 atom stereocenters. The van der Waals surface area contributed by atoms with Crippen molar-refractivity contribution in [1.82, 2.24) is 4.57 Å². The molecule has 1 heterocycles. The van der Waals surface area contributed by atoms with Crippen LogP contribution in [0.5, 0.6) is 0 Å². The van der Waals surface area contributed by atoms with E-state index >= 15 is 0 Å². The summed E-state index contributed by atoms with van der Waals surface area (Å²) in [4.78, 5) is 0. The molecule has 11 heavy (non-hydrogen) atoms. The lowest BCUT2D eigenvalue weighted by molar-refractivity contribution is 0.712. The zero-order chi connectivity index (χ0) is 8.27. The fourth-order valence-corrected chi connectivity index (χ4v) is 1.65. The molecular formula is C9H14ClN. The topological polar surface area (TPSA) is 4.93 Å². The van der Waals surface area contributed by atoms with Gasteiger partial charge in [-0.15, -0.1) is 11.6 Å². The zero-order valence-electron chi connectivity index (χ0n) is 7.05. The Morgan fingerprint density at radius 3 is 2.82 bits per heavy atom. The van der Waals surface area contributed by atoms with Crippen molar-refractivity contribution in [2.45, 2.75) is 25.1 Å². The van der Waals surface area contributed by atoms with Crippen LogP contribution in [0.2, 0.25) is 0 Å². The van der Waals surface area contributed by atoms with Gasteiger partial charge in [0.2, 0.25) is 0 Å². The summed E-state index contributed by atoms with van der Waals surface area (Å²) in [6, 6.07) is 4.10. The third kappa shape index (κ3) is 2.00. The summed E-state index contributed by atoms with van der Waals surface area (Å²) in [5.74, 6) is 0. The summed E-state index contributed by atoms with van der Waals surface area (Å²) in [6.45, 7) is 2.15. The number of rotatable bonds is 3. The predicted octanol–water partition coefficient (Wildman–Crippen LogP) is 3.11. The molecule has 1 aromatic heterocycles. The number of alkyl halides is 1. The Kier molecular flexibility index (Phi) is 3.01. The van der Waals surface area contributed by atoms with E-state index in [0.717, 1.165) is 12.8 Å². The molecule has 1 nitrogen and oxygen atoms in total. The van der Waals surface area contributed by atoms with Gasteiger partial charge in [-0.3, -0.25) is 0 Å². The molecule has 1 rings (SSSR count). The van der Waals surface area contributed by atoms with Crippen molar-refractivity contribution in [3.05, 3.63) is 24.0 Å². The lowest BCUT2D eigenvalue weighted by Gasteiger charge is -2.08. The van der Waals surface area contributed by atoms with Crippen molar-refractivity contribution < 1.29 is 0 Å². The number of aryl methyl sites for hydroxylation is 1. The quantitative estimate of drug-likeness (QED) is 0.616. The molecule has 0 aliphatic heterocycles. The Morgan fingerprint density at radius 2 is 2.36 bits per heavy atom. The third-order valence-electron chi connectivity index (χ3n) is 1.85. The molecule has 2 heteroatoms. The lowest BCUT2D eigenvalue weighted by Crippen LogP contribution is -1.97.